The van der Waals surface area contributed by atoms with E-state index >= 15 is 0 Å². The Morgan fingerprint density at radius 1 is 1.19 bits per heavy atom. The van der Waals surface area contributed by atoms with Gasteiger partial charge in [-0.1, -0.05) is 18.2 Å². The normalized spacial score (nSPS) is 24.7. The van der Waals surface area contributed by atoms with E-state index in [1.54, 1.807) is 0 Å². The highest BCUT2D eigenvalue weighted by Gasteiger charge is 2.42. The third-order valence-electron chi connectivity index (χ3n) is 7.34. The summed E-state index contributed by atoms with van der Waals surface area (Å²) < 4.78 is 1.94. The van der Waals surface area contributed by atoms with Crippen molar-refractivity contribution in [2.45, 2.75) is 89.7 Å². The number of amides is 1. The highest BCUT2D eigenvalue weighted by molar-refractivity contribution is 6.05. The van der Waals surface area contributed by atoms with Crippen molar-refractivity contribution < 1.29 is 9.90 Å². The zero-order valence-electron chi connectivity index (χ0n) is 20.2. The van der Waals surface area contributed by atoms with Gasteiger partial charge in [0.15, 0.2) is 5.69 Å². The van der Waals surface area contributed by atoms with E-state index in [1.807, 2.05) is 28.9 Å². The highest BCUT2D eigenvalue weighted by atomic mass is 16.3. The van der Waals surface area contributed by atoms with Crippen molar-refractivity contribution in [3.63, 3.8) is 0 Å². The number of piperidine rings is 1. The van der Waals surface area contributed by atoms with E-state index in [-0.39, 0.29) is 24.1 Å². The van der Waals surface area contributed by atoms with Gasteiger partial charge in [-0.15, -0.1) is 0 Å². The predicted octanol–water partition coefficient (Wildman–Crippen LogP) is 3.04. The minimum atomic E-state index is -0.344. The number of carbonyl (C=O) groups is 1. The number of aliphatic hydroxyl groups excluding tert-OH is 1. The van der Waals surface area contributed by atoms with Crippen LogP contribution in [0.15, 0.2) is 24.3 Å². The maximum atomic E-state index is 13.2. The topological polar surface area (TPSA) is 73.6 Å². The second-order valence-corrected chi connectivity index (χ2v) is 10.3. The smallest absolute Gasteiger partial charge is 0.272 e. The number of nitrogens with one attached hydrogen (secondary N) is 1. The number of hydrogen-bond acceptors (Lipinski definition) is 5. The molecule has 2 aliphatic heterocycles. The first-order valence-corrected chi connectivity index (χ1v) is 12.2. The van der Waals surface area contributed by atoms with Crippen LogP contribution in [0, 0.1) is 0 Å². The SMILES string of the molecule is CC(C)N(C)CC(O)CN1[C@@H]2CC[C@H]1CC(NC(=O)c1nn(C(C)C)c3ccccc13)C2. The first-order valence-electron chi connectivity index (χ1n) is 12.2. The first kappa shape index (κ1) is 23.2. The van der Waals surface area contributed by atoms with Gasteiger partial charge in [0, 0.05) is 48.7 Å². The summed E-state index contributed by atoms with van der Waals surface area (Å²) in [5, 5.41) is 19.5. The van der Waals surface area contributed by atoms with Crippen molar-refractivity contribution in [1.29, 1.82) is 0 Å². The maximum absolute atomic E-state index is 13.2. The lowest BCUT2D eigenvalue weighted by Crippen LogP contribution is -2.53. The molecule has 2 saturated heterocycles. The molecular weight excluding hydrogens is 402 g/mol. The number of likely N-dealkylation sites (N-methyl/N-ethyl adjacent to an activating group) is 1. The summed E-state index contributed by atoms with van der Waals surface area (Å²) in [6, 6.07) is 9.62. The first-order chi connectivity index (χ1) is 15.2. The summed E-state index contributed by atoms with van der Waals surface area (Å²) in [7, 11) is 2.06. The molecule has 7 heteroatoms. The Labute approximate surface area is 191 Å². The summed E-state index contributed by atoms with van der Waals surface area (Å²) in [5.41, 5.74) is 1.53. The molecule has 0 aliphatic carbocycles. The largest absolute Gasteiger partial charge is 0.390 e. The van der Waals surface area contributed by atoms with Gasteiger partial charge in [-0.3, -0.25) is 14.4 Å². The fourth-order valence-corrected chi connectivity index (χ4v) is 5.44. The van der Waals surface area contributed by atoms with Gasteiger partial charge in [-0.25, -0.2) is 0 Å². The summed E-state index contributed by atoms with van der Waals surface area (Å²) in [6.45, 7) is 9.88. The number of nitrogens with zero attached hydrogens (tertiary/aromatic N) is 4. The van der Waals surface area contributed by atoms with Gasteiger partial charge < -0.3 is 15.3 Å². The van der Waals surface area contributed by atoms with E-state index in [1.165, 1.54) is 0 Å². The lowest BCUT2D eigenvalue weighted by Gasteiger charge is -2.40. The Kier molecular flexibility index (Phi) is 6.89. The molecule has 2 unspecified atom stereocenters. The minimum absolute atomic E-state index is 0.0722. The monoisotopic (exact) mass is 441 g/mol. The molecule has 0 saturated carbocycles. The molecule has 2 aromatic rings. The quantitative estimate of drug-likeness (QED) is 0.659. The number of benzene rings is 1. The Morgan fingerprint density at radius 3 is 2.47 bits per heavy atom. The average molecular weight is 442 g/mol. The number of rotatable bonds is 8. The predicted molar refractivity (Wildman–Crippen MR) is 128 cm³/mol. The van der Waals surface area contributed by atoms with Crippen LogP contribution >= 0.6 is 0 Å². The Bertz CT molecular complexity index is 926. The molecule has 2 N–H and O–H groups in total. The molecule has 3 heterocycles. The van der Waals surface area contributed by atoms with Crippen LogP contribution in [0.4, 0.5) is 0 Å². The molecule has 2 aliphatic rings. The van der Waals surface area contributed by atoms with E-state index in [9.17, 15) is 9.90 Å². The summed E-state index contributed by atoms with van der Waals surface area (Å²) in [5.74, 6) is -0.0722. The molecule has 2 fully saturated rings. The molecule has 32 heavy (non-hydrogen) atoms. The number of aromatic nitrogens is 2. The van der Waals surface area contributed by atoms with Crippen LogP contribution in [0.1, 0.15) is 69.9 Å². The number of aliphatic hydroxyl groups is 1. The van der Waals surface area contributed by atoms with Gasteiger partial charge in [-0.05, 0) is 66.5 Å². The van der Waals surface area contributed by atoms with Crippen LogP contribution in [0.5, 0.6) is 0 Å². The van der Waals surface area contributed by atoms with Crippen molar-refractivity contribution in [3.8, 4) is 0 Å². The Hall–Kier alpha value is -1.96. The van der Waals surface area contributed by atoms with Crippen molar-refractivity contribution in [2.75, 3.05) is 20.1 Å². The summed E-state index contributed by atoms with van der Waals surface area (Å²) >= 11 is 0. The molecule has 7 nitrogen and oxygen atoms in total. The van der Waals surface area contributed by atoms with Gasteiger partial charge in [0.05, 0.1) is 11.6 Å². The van der Waals surface area contributed by atoms with Gasteiger partial charge >= 0.3 is 0 Å². The Morgan fingerprint density at radius 2 is 1.84 bits per heavy atom. The van der Waals surface area contributed by atoms with Gasteiger partial charge in [-0.2, -0.15) is 5.10 Å². The molecule has 176 valence electrons. The van der Waals surface area contributed by atoms with Gasteiger partial charge in [0.25, 0.3) is 5.91 Å². The van der Waals surface area contributed by atoms with E-state index in [4.69, 9.17) is 0 Å². The van der Waals surface area contributed by atoms with Crippen LogP contribution in [-0.4, -0.2) is 81.0 Å². The number of fused-ring (bicyclic) bond motifs is 3. The second kappa shape index (κ2) is 9.49. The van der Waals surface area contributed by atoms with E-state index in [0.717, 1.165) is 43.1 Å². The lowest BCUT2D eigenvalue weighted by molar-refractivity contribution is 0.0326. The molecule has 0 radical (unpaired) electrons. The number of para-hydroxylation sites is 1. The van der Waals surface area contributed by atoms with Crippen molar-refractivity contribution in [1.82, 2.24) is 24.9 Å². The van der Waals surface area contributed by atoms with E-state index in [2.05, 4.69) is 55.0 Å². The van der Waals surface area contributed by atoms with Crippen LogP contribution in [0.2, 0.25) is 0 Å². The molecule has 1 aromatic carbocycles. The number of carbonyl (C=O) groups excluding carboxylic acids is 1. The molecule has 1 amide bonds. The molecule has 1 aromatic heterocycles. The fraction of sp³-hybridized carbons (Fsp3) is 0.680. The fourth-order valence-electron chi connectivity index (χ4n) is 5.44. The molecule has 4 atom stereocenters. The van der Waals surface area contributed by atoms with Crippen LogP contribution in [0.25, 0.3) is 10.9 Å². The summed E-state index contributed by atoms with van der Waals surface area (Å²) in [4.78, 5) is 17.9. The summed E-state index contributed by atoms with van der Waals surface area (Å²) in [6.07, 6.45) is 3.84. The van der Waals surface area contributed by atoms with Crippen LogP contribution < -0.4 is 5.32 Å². The van der Waals surface area contributed by atoms with Crippen LogP contribution in [0.3, 0.4) is 0 Å². The maximum Gasteiger partial charge on any atom is 0.272 e. The van der Waals surface area contributed by atoms with Crippen molar-refractivity contribution in [3.05, 3.63) is 30.0 Å². The van der Waals surface area contributed by atoms with Crippen LogP contribution in [-0.2, 0) is 0 Å². The Balaban J connectivity index is 1.40. The highest BCUT2D eigenvalue weighted by Crippen LogP contribution is 2.36. The second-order valence-electron chi connectivity index (χ2n) is 10.3. The molecule has 2 bridgehead atoms. The molecule has 0 spiro atoms. The van der Waals surface area contributed by atoms with Crippen molar-refractivity contribution >= 4 is 16.8 Å². The van der Waals surface area contributed by atoms with E-state index in [0.29, 0.717) is 30.4 Å². The standard InChI is InChI=1S/C25H39N5O2/c1-16(2)28(5)14-21(31)15-29-19-10-11-20(29)13-18(12-19)26-25(32)24-22-8-6-7-9-23(22)30(27-24)17(3)4/h6-9,16-21,31H,10-15H2,1-5H3,(H,26,32)/t18?,19-,20+,21?. The van der Waals surface area contributed by atoms with Gasteiger partial charge in [0.1, 0.15) is 0 Å². The molecule has 4 rings (SSSR count). The average Bonchev–Trinajstić information content (AvgIpc) is 3.22. The minimum Gasteiger partial charge on any atom is -0.390 e. The zero-order valence-corrected chi connectivity index (χ0v) is 20.2. The molecular formula is C25H39N5O2. The third-order valence-corrected chi connectivity index (χ3v) is 7.34. The van der Waals surface area contributed by atoms with Crippen molar-refractivity contribution in [2.24, 2.45) is 0 Å². The van der Waals surface area contributed by atoms with E-state index < -0.39 is 0 Å². The lowest BCUT2D eigenvalue weighted by atomic mass is 9.96. The third kappa shape index (κ3) is 4.70. The number of hydrogen-bond donors (Lipinski definition) is 2. The van der Waals surface area contributed by atoms with Gasteiger partial charge in [0.2, 0.25) is 0 Å². The zero-order chi connectivity index (χ0) is 23.0.